The number of aromatic hydroxyl groups is 2. The van der Waals surface area contributed by atoms with Gasteiger partial charge in [-0.25, -0.2) is 0 Å². The molecule has 0 radical (unpaired) electrons. The lowest BCUT2D eigenvalue weighted by molar-refractivity contribution is -0.299. The van der Waals surface area contributed by atoms with Crippen molar-refractivity contribution in [1.29, 1.82) is 0 Å². The molecule has 23 heteroatoms. The van der Waals surface area contributed by atoms with E-state index in [1.807, 2.05) is 20.8 Å². The van der Waals surface area contributed by atoms with Gasteiger partial charge in [0.15, 0.2) is 30.3 Å². The molecule has 5 unspecified atom stereocenters. The van der Waals surface area contributed by atoms with Crippen molar-refractivity contribution < 1.29 is 113 Å². The number of hydrogen-bond donors (Lipinski definition) is 10. The number of phenolic OH excluding ortho intramolecular Hbond substituents is 2. The van der Waals surface area contributed by atoms with E-state index in [9.17, 15) is 60.7 Å². The van der Waals surface area contributed by atoms with Gasteiger partial charge in [0.2, 0.25) is 6.29 Å². The van der Waals surface area contributed by atoms with Gasteiger partial charge in [-0.2, -0.15) is 0 Å². The third kappa shape index (κ3) is 13.5. The van der Waals surface area contributed by atoms with Crippen LogP contribution in [0.2, 0.25) is 0 Å². The van der Waals surface area contributed by atoms with Crippen molar-refractivity contribution >= 4 is 28.3 Å². The van der Waals surface area contributed by atoms with Crippen LogP contribution < -0.4 is 4.74 Å². The fraction of sp³-hybridized carbons (Fsp3) is 0.776. The van der Waals surface area contributed by atoms with Crippen LogP contribution in [0.3, 0.4) is 0 Å². The summed E-state index contributed by atoms with van der Waals surface area (Å²) in [6.45, 7) is 14.7. The lowest BCUT2D eigenvalue weighted by Crippen LogP contribution is -2.56. The van der Waals surface area contributed by atoms with E-state index >= 15 is 4.79 Å². The summed E-state index contributed by atoms with van der Waals surface area (Å²) in [6.07, 6.45) is -20.6. The zero-order valence-electron chi connectivity index (χ0n) is 47.9. The zero-order chi connectivity index (χ0) is 59.3. The standard InChI is InChI=1S/C58H86O23/c1-11-12-40(61)80-54-29(8)75-41(19-35(54)60)79-39-21-42(73-28(7)50(39)66)78-36-17-31-15-30-16-34(55(72-10)53(69)48(64)26(5)59)56(52(68)45(30)51(67)44(31)47(63)25(36)4)81-43-20-38(49(65)27(6)74-43)76-32-13-23(2)46(62)37(18-32)77-33-14-24(3)57(70)58(9,71)22-33/h15,17,23-24,26-29,32-35,37-39,41-43,46,48-50,54-57,59-60,62-67,70-71H,11-14,16,18-22H2,1-10H3/t23?,24?,26-,27?,28?,29?,32-,33-,34+,35-,37-,38-,39-,41+,42+,43+,46+,48+,49-,50-,54-,55+,56+,57-,58+/m1/s1. The SMILES string of the molecule is CCCC(=O)O[C@@H]1C(C)O[C@@H](O[C@@H]2C[C@H](Oc3cc4cc5c(c(O)c4c(O)c3C)C(=O)[C@@H](O[C@H]3C[C@@H](O[C@@H]4CC(C)[C@H](O)[C@H](O[C@@H]6CC(C)[C@@H](O)[C@@](C)(O)C6)C4)[C@H](O)C(C)O3)[C@H]([C@H](OC)C(=O)[C@@H](O)[C@@H](C)O)C5)OC(C)[C@H]2O)C[C@H]1O. The summed E-state index contributed by atoms with van der Waals surface area (Å²) in [5.74, 6) is -4.97. The molecule has 0 bridgehead atoms. The van der Waals surface area contributed by atoms with Crippen LogP contribution in [0, 0.1) is 24.7 Å². The van der Waals surface area contributed by atoms with E-state index in [1.165, 1.54) is 27.0 Å². The zero-order valence-corrected chi connectivity index (χ0v) is 47.9. The summed E-state index contributed by atoms with van der Waals surface area (Å²) in [4.78, 5) is 41.3. The molecule has 25 atom stereocenters. The number of carbonyl (C=O) groups excluding carboxylic acids is 3. The number of fused-ring (bicyclic) bond motifs is 2. The van der Waals surface area contributed by atoms with Gasteiger partial charge in [0, 0.05) is 57.1 Å². The number of rotatable bonds is 18. The molecule has 81 heavy (non-hydrogen) atoms. The number of phenols is 2. The lowest BCUT2D eigenvalue weighted by Gasteiger charge is -2.46. The van der Waals surface area contributed by atoms with Crippen LogP contribution in [0.25, 0.3) is 10.8 Å². The van der Waals surface area contributed by atoms with E-state index in [1.54, 1.807) is 33.8 Å². The molecule has 0 spiro atoms. The van der Waals surface area contributed by atoms with Gasteiger partial charge in [-0.15, -0.1) is 0 Å². The van der Waals surface area contributed by atoms with E-state index in [2.05, 4.69) is 0 Å². The highest BCUT2D eigenvalue weighted by atomic mass is 16.7. The minimum atomic E-state index is -1.93. The molecule has 23 nitrogen and oxygen atoms in total. The number of aliphatic hydroxyl groups excluding tert-OH is 7. The van der Waals surface area contributed by atoms with E-state index in [0.29, 0.717) is 19.3 Å². The van der Waals surface area contributed by atoms with Gasteiger partial charge in [-0.3, -0.25) is 14.4 Å². The number of Topliss-reactive ketones (excluding diaryl/α,β-unsaturated/α-hetero) is 2. The van der Waals surface area contributed by atoms with Crippen molar-refractivity contribution in [2.45, 2.75) is 261 Å². The number of aliphatic hydroxyl groups is 8. The molecule has 0 aromatic heterocycles. The monoisotopic (exact) mass is 1150 g/mol. The summed E-state index contributed by atoms with van der Waals surface area (Å²) in [5.41, 5.74) is -1.27. The largest absolute Gasteiger partial charge is 0.507 e. The van der Waals surface area contributed by atoms with Crippen LogP contribution >= 0.6 is 0 Å². The molecule has 3 aliphatic carbocycles. The number of hydrogen-bond acceptors (Lipinski definition) is 23. The molecule has 5 fully saturated rings. The molecule has 10 N–H and O–H groups in total. The third-order valence-corrected chi connectivity index (χ3v) is 17.5. The molecular weight excluding hydrogens is 1060 g/mol. The smallest absolute Gasteiger partial charge is 0.306 e. The maximum Gasteiger partial charge on any atom is 0.306 e. The highest BCUT2D eigenvalue weighted by molar-refractivity contribution is 6.11. The number of benzene rings is 2. The maximum absolute atomic E-state index is 15.1. The van der Waals surface area contributed by atoms with Gasteiger partial charge in [-0.05, 0) is 102 Å². The van der Waals surface area contributed by atoms with Crippen molar-refractivity contribution in [3.8, 4) is 17.2 Å². The molecule has 2 aromatic rings. The number of ketones is 2. The lowest BCUT2D eigenvalue weighted by atomic mass is 9.75. The van der Waals surface area contributed by atoms with Crippen LogP contribution in [0.5, 0.6) is 17.2 Å². The Balaban J connectivity index is 1.02. The molecule has 2 aromatic carbocycles. The van der Waals surface area contributed by atoms with E-state index in [-0.39, 0.29) is 90.0 Å². The quantitative estimate of drug-likeness (QED) is 0.0958. The first-order valence-corrected chi connectivity index (χ1v) is 28.7. The molecule has 3 heterocycles. The average molecular weight is 1150 g/mol. The normalized spacial score (nSPS) is 40.5. The summed E-state index contributed by atoms with van der Waals surface area (Å²) in [7, 11) is 1.20. The Hall–Kier alpha value is -3.73. The average Bonchev–Trinajstić information content (AvgIpc) is 3.44. The predicted molar refractivity (Wildman–Crippen MR) is 284 cm³/mol. The van der Waals surface area contributed by atoms with Crippen molar-refractivity contribution in [1.82, 2.24) is 0 Å². The van der Waals surface area contributed by atoms with Gasteiger partial charge < -0.3 is 98.4 Å². The fourth-order valence-electron chi connectivity index (χ4n) is 13.0. The summed E-state index contributed by atoms with van der Waals surface area (Å²) in [6, 6.07) is 3.07. The Bertz CT molecular complexity index is 2510. The second kappa shape index (κ2) is 25.9. The minimum Gasteiger partial charge on any atom is -0.507 e. The third-order valence-electron chi connectivity index (χ3n) is 17.5. The molecular formula is C58H86O23. The summed E-state index contributed by atoms with van der Waals surface area (Å²) >= 11 is 0. The first kappa shape index (κ1) is 63.3. The van der Waals surface area contributed by atoms with Crippen LogP contribution in [0.1, 0.15) is 135 Å². The Morgan fingerprint density at radius 1 is 0.753 bits per heavy atom. The second-order valence-electron chi connectivity index (χ2n) is 24.1. The fourth-order valence-corrected chi connectivity index (χ4v) is 13.0. The second-order valence-corrected chi connectivity index (χ2v) is 24.1. The van der Waals surface area contributed by atoms with Gasteiger partial charge in [0.25, 0.3) is 0 Å². The summed E-state index contributed by atoms with van der Waals surface area (Å²) < 4.78 is 61.5. The van der Waals surface area contributed by atoms with Gasteiger partial charge in [0.1, 0.15) is 47.8 Å². The van der Waals surface area contributed by atoms with Crippen molar-refractivity contribution in [3.05, 3.63) is 28.8 Å². The Morgan fingerprint density at radius 3 is 1.98 bits per heavy atom. The molecule has 0 amide bonds. The van der Waals surface area contributed by atoms with E-state index in [4.69, 9.17) is 47.4 Å². The van der Waals surface area contributed by atoms with Crippen LogP contribution in [-0.4, -0.2) is 210 Å². The molecule has 8 rings (SSSR count). The molecule has 3 aliphatic heterocycles. The molecule has 3 saturated heterocycles. The molecule has 456 valence electrons. The minimum absolute atomic E-state index is 0.0476. The van der Waals surface area contributed by atoms with Crippen molar-refractivity contribution in [3.63, 3.8) is 0 Å². The highest BCUT2D eigenvalue weighted by Crippen LogP contribution is 2.48. The Morgan fingerprint density at radius 2 is 1.35 bits per heavy atom. The van der Waals surface area contributed by atoms with E-state index < -0.39 is 169 Å². The maximum atomic E-state index is 15.1. The first-order valence-electron chi connectivity index (χ1n) is 28.7. The topological polar surface area (TPSA) is 346 Å². The van der Waals surface area contributed by atoms with Crippen LogP contribution in [-0.2, 0) is 58.6 Å². The molecule has 6 aliphatic rings. The summed E-state index contributed by atoms with van der Waals surface area (Å²) in [5, 5.41) is 112. The number of carbonyl (C=O) groups is 3. The van der Waals surface area contributed by atoms with Crippen LogP contribution in [0.15, 0.2) is 12.1 Å². The van der Waals surface area contributed by atoms with Crippen molar-refractivity contribution in [2.75, 3.05) is 7.11 Å². The number of ether oxygens (including phenoxy) is 10. The predicted octanol–water partition coefficient (Wildman–Crippen LogP) is 2.43. The van der Waals surface area contributed by atoms with Gasteiger partial charge in [-0.1, -0.05) is 20.8 Å². The van der Waals surface area contributed by atoms with E-state index in [0.717, 1.165) is 0 Å². The van der Waals surface area contributed by atoms with Gasteiger partial charge in [0.05, 0.1) is 89.8 Å². The van der Waals surface area contributed by atoms with Gasteiger partial charge >= 0.3 is 5.97 Å². The Kier molecular flexibility index (Phi) is 20.2. The first-order chi connectivity index (χ1) is 38.1. The highest BCUT2D eigenvalue weighted by Gasteiger charge is 2.51. The number of esters is 1. The molecule has 2 saturated carbocycles. The number of methoxy groups -OCH3 is 1. The Labute approximate surface area is 471 Å². The van der Waals surface area contributed by atoms with Crippen molar-refractivity contribution in [2.24, 2.45) is 17.8 Å². The van der Waals surface area contributed by atoms with Crippen LogP contribution in [0.4, 0.5) is 0 Å².